The first-order valence-corrected chi connectivity index (χ1v) is 10.8. The summed E-state index contributed by atoms with van der Waals surface area (Å²) in [7, 11) is 0. The summed E-state index contributed by atoms with van der Waals surface area (Å²) in [6.45, 7) is 1.70. The lowest BCUT2D eigenvalue weighted by molar-refractivity contribution is 0.0203. The molecule has 6 heteroatoms. The van der Waals surface area contributed by atoms with Crippen molar-refractivity contribution in [1.29, 1.82) is 0 Å². The first-order chi connectivity index (χ1) is 15.7. The third-order valence-corrected chi connectivity index (χ3v) is 5.31. The second-order valence-corrected chi connectivity index (χ2v) is 7.71. The van der Waals surface area contributed by atoms with E-state index in [0.29, 0.717) is 19.8 Å². The van der Waals surface area contributed by atoms with Gasteiger partial charge in [-0.3, -0.25) is 4.79 Å². The van der Waals surface area contributed by atoms with E-state index in [9.17, 15) is 4.79 Å². The zero-order valence-electron chi connectivity index (χ0n) is 17.9. The Bertz CT molecular complexity index is 1150. The maximum Gasteiger partial charge on any atom is 0.268 e. The van der Waals surface area contributed by atoms with Gasteiger partial charge in [0.2, 0.25) is 0 Å². The van der Waals surface area contributed by atoms with Crippen LogP contribution < -0.4 is 10.5 Å². The van der Waals surface area contributed by atoms with Gasteiger partial charge in [-0.2, -0.15) is 0 Å². The average molecular weight is 430 g/mol. The van der Waals surface area contributed by atoms with Crippen LogP contribution >= 0.6 is 0 Å². The molecule has 0 spiro atoms. The van der Waals surface area contributed by atoms with E-state index in [2.05, 4.69) is 23.2 Å². The summed E-state index contributed by atoms with van der Waals surface area (Å²) in [6.07, 6.45) is 4.86. The van der Waals surface area contributed by atoms with Crippen LogP contribution in [0, 0.1) is 0 Å². The van der Waals surface area contributed by atoms with E-state index in [0.717, 1.165) is 29.5 Å². The van der Waals surface area contributed by atoms with E-state index >= 15 is 0 Å². The number of benzene rings is 3. The number of carbonyl (C=O) groups is 1. The zero-order valence-corrected chi connectivity index (χ0v) is 17.9. The molecule has 0 radical (unpaired) electrons. The molecule has 0 saturated carbocycles. The number of aromatic nitrogens is 2. The third kappa shape index (κ3) is 5.74. The van der Waals surface area contributed by atoms with Crippen molar-refractivity contribution in [3.8, 4) is 5.75 Å². The number of amides is 1. The molecule has 4 rings (SSSR count). The Morgan fingerprint density at radius 1 is 1.00 bits per heavy atom. The highest BCUT2D eigenvalue weighted by atomic mass is 16.5. The van der Waals surface area contributed by atoms with E-state index < -0.39 is 5.91 Å². The molecule has 32 heavy (non-hydrogen) atoms. The lowest BCUT2D eigenvalue weighted by Crippen LogP contribution is -2.21. The van der Waals surface area contributed by atoms with Gasteiger partial charge in [-0.05, 0) is 29.9 Å². The van der Waals surface area contributed by atoms with Crippen LogP contribution in [0.1, 0.15) is 28.9 Å². The third-order valence-electron chi connectivity index (χ3n) is 5.31. The van der Waals surface area contributed by atoms with Gasteiger partial charge in [-0.15, -0.1) is 0 Å². The number of fused-ring (bicyclic) bond motifs is 1. The largest absolute Gasteiger partial charge is 0.493 e. The average Bonchev–Trinajstić information content (AvgIpc) is 3.30. The highest BCUT2D eigenvalue weighted by Gasteiger charge is 2.13. The van der Waals surface area contributed by atoms with E-state index in [1.54, 1.807) is 12.5 Å². The lowest BCUT2D eigenvalue weighted by Gasteiger charge is -2.19. The fourth-order valence-electron chi connectivity index (χ4n) is 3.65. The Kier molecular flexibility index (Phi) is 7.15. The second-order valence-electron chi connectivity index (χ2n) is 7.71. The molecule has 0 bridgehead atoms. The minimum absolute atomic E-state index is 0.0544. The number of imidazole rings is 1. The van der Waals surface area contributed by atoms with Gasteiger partial charge in [0.25, 0.3) is 5.91 Å². The minimum atomic E-state index is -0.533. The highest BCUT2D eigenvalue weighted by Crippen LogP contribution is 2.25. The molecular formula is C26H27N3O3. The van der Waals surface area contributed by atoms with Crippen LogP contribution in [0.15, 0.2) is 85.3 Å². The molecule has 0 fully saturated rings. The number of primary amides is 1. The molecule has 0 aliphatic rings. The number of ether oxygens (including phenoxy) is 2. The van der Waals surface area contributed by atoms with Crippen LogP contribution in [-0.2, 0) is 17.9 Å². The van der Waals surface area contributed by atoms with Gasteiger partial charge in [0.15, 0.2) is 0 Å². The molecule has 0 saturated heterocycles. The summed E-state index contributed by atoms with van der Waals surface area (Å²) in [5, 5.41) is 2.28. The number of hydrogen-bond donors (Lipinski definition) is 1. The van der Waals surface area contributed by atoms with Crippen molar-refractivity contribution in [3.63, 3.8) is 0 Å². The predicted octanol–water partition coefficient (Wildman–Crippen LogP) is 4.58. The first kappa shape index (κ1) is 21.6. The van der Waals surface area contributed by atoms with Gasteiger partial charge in [-0.1, -0.05) is 66.7 Å². The molecule has 1 unspecified atom stereocenters. The molecule has 6 nitrogen and oxygen atoms in total. The molecule has 3 aromatic carbocycles. The number of rotatable bonds is 11. The van der Waals surface area contributed by atoms with Crippen molar-refractivity contribution in [2.24, 2.45) is 5.73 Å². The van der Waals surface area contributed by atoms with Crippen molar-refractivity contribution in [1.82, 2.24) is 9.55 Å². The number of hydrogen-bond acceptors (Lipinski definition) is 4. The summed E-state index contributed by atoms with van der Waals surface area (Å²) < 4.78 is 14.1. The molecule has 2 N–H and O–H groups in total. The Balaban J connectivity index is 1.35. The van der Waals surface area contributed by atoms with Gasteiger partial charge in [-0.25, -0.2) is 4.98 Å². The van der Waals surface area contributed by atoms with Crippen LogP contribution in [0.2, 0.25) is 0 Å². The van der Waals surface area contributed by atoms with Gasteiger partial charge < -0.3 is 19.8 Å². The molecule has 1 aromatic heterocycles. The normalized spacial score (nSPS) is 12.0. The molecule has 0 aliphatic carbocycles. The number of carbonyl (C=O) groups excluding carboxylic acids is 1. The maximum atomic E-state index is 11.3. The summed E-state index contributed by atoms with van der Waals surface area (Å²) in [5.74, 6) is 0.361. The molecule has 1 heterocycles. The molecule has 4 aromatic rings. The Hall–Kier alpha value is -3.64. The second kappa shape index (κ2) is 10.6. The lowest BCUT2D eigenvalue weighted by atomic mass is 10.1. The first-order valence-electron chi connectivity index (χ1n) is 10.8. The van der Waals surface area contributed by atoms with Crippen LogP contribution in [0.5, 0.6) is 5.75 Å². The van der Waals surface area contributed by atoms with Crippen molar-refractivity contribution < 1.29 is 14.3 Å². The van der Waals surface area contributed by atoms with Crippen LogP contribution in [0.25, 0.3) is 10.8 Å². The maximum absolute atomic E-state index is 11.3. The summed E-state index contributed by atoms with van der Waals surface area (Å²) in [6, 6.07) is 24.4. The van der Waals surface area contributed by atoms with Gasteiger partial charge in [0.05, 0.1) is 25.6 Å². The fraction of sp³-hybridized carbons (Fsp3) is 0.231. The number of nitrogens with zero attached hydrogens (tertiary/aromatic N) is 2. The SMILES string of the molecule is NC(=O)c1cn(CC(CCCOc2cccc3ccccc23)OCc2ccccc2)cn1. The monoisotopic (exact) mass is 429 g/mol. The van der Waals surface area contributed by atoms with Crippen molar-refractivity contribution in [3.05, 3.63) is 96.6 Å². The molecular weight excluding hydrogens is 402 g/mol. The summed E-state index contributed by atoms with van der Waals surface area (Å²) in [5.41, 5.74) is 6.70. The molecule has 164 valence electrons. The highest BCUT2D eigenvalue weighted by molar-refractivity contribution is 5.90. The quantitative estimate of drug-likeness (QED) is 0.354. The Morgan fingerprint density at radius 3 is 2.59 bits per heavy atom. The number of nitrogens with two attached hydrogens (primary N) is 1. The Morgan fingerprint density at radius 2 is 1.78 bits per heavy atom. The minimum Gasteiger partial charge on any atom is -0.493 e. The van der Waals surface area contributed by atoms with Crippen LogP contribution in [0.3, 0.4) is 0 Å². The topological polar surface area (TPSA) is 79.4 Å². The van der Waals surface area contributed by atoms with E-state index in [-0.39, 0.29) is 11.8 Å². The van der Waals surface area contributed by atoms with Crippen molar-refractivity contribution in [2.45, 2.75) is 32.1 Å². The summed E-state index contributed by atoms with van der Waals surface area (Å²) >= 11 is 0. The van der Waals surface area contributed by atoms with E-state index in [1.807, 2.05) is 59.2 Å². The molecule has 1 atom stereocenters. The van der Waals surface area contributed by atoms with Gasteiger partial charge in [0.1, 0.15) is 11.4 Å². The summed E-state index contributed by atoms with van der Waals surface area (Å²) in [4.78, 5) is 15.4. The van der Waals surface area contributed by atoms with Gasteiger partial charge in [0, 0.05) is 18.1 Å². The molecule has 1 amide bonds. The van der Waals surface area contributed by atoms with Crippen LogP contribution in [-0.4, -0.2) is 28.2 Å². The van der Waals surface area contributed by atoms with Crippen molar-refractivity contribution in [2.75, 3.05) is 6.61 Å². The predicted molar refractivity (Wildman–Crippen MR) is 124 cm³/mol. The Labute approximate surface area is 187 Å². The van der Waals surface area contributed by atoms with Crippen molar-refractivity contribution >= 4 is 16.7 Å². The molecule has 0 aliphatic heterocycles. The standard InChI is InChI=1S/C26H27N3O3/c27-26(30)24-17-29(19-28-24)16-22(32-18-20-8-2-1-3-9-20)12-7-15-31-25-14-6-11-21-10-4-5-13-23(21)25/h1-6,8-11,13-14,17,19,22H,7,12,15-16,18H2,(H2,27,30). The smallest absolute Gasteiger partial charge is 0.268 e. The van der Waals surface area contributed by atoms with E-state index in [4.69, 9.17) is 15.2 Å². The zero-order chi connectivity index (χ0) is 22.2. The van der Waals surface area contributed by atoms with Crippen LogP contribution in [0.4, 0.5) is 0 Å². The van der Waals surface area contributed by atoms with Gasteiger partial charge >= 0.3 is 0 Å². The van der Waals surface area contributed by atoms with E-state index in [1.165, 1.54) is 5.39 Å². The fourth-order valence-corrected chi connectivity index (χ4v) is 3.65.